The molecule has 6 heteroatoms. The van der Waals surface area contributed by atoms with Gasteiger partial charge in [0, 0.05) is 29.8 Å². The Morgan fingerprint density at radius 1 is 0.971 bits per heavy atom. The minimum Gasteiger partial charge on any atom is -0.457 e. The number of pyridine rings is 1. The average molecular weight is 483 g/mol. The van der Waals surface area contributed by atoms with Crippen molar-refractivity contribution in [2.75, 3.05) is 4.90 Å². The average Bonchev–Trinajstić information content (AvgIpc) is 3.36. The number of benzene rings is 2. The highest BCUT2D eigenvalue weighted by Crippen LogP contribution is 2.43. The van der Waals surface area contributed by atoms with Crippen LogP contribution in [0.25, 0.3) is 0 Å². The molecule has 0 aliphatic carbocycles. The van der Waals surface area contributed by atoms with E-state index in [-0.39, 0.29) is 12.1 Å². The lowest BCUT2D eigenvalue weighted by Crippen LogP contribution is -2.29. The van der Waals surface area contributed by atoms with Crippen LogP contribution in [0.1, 0.15) is 47.2 Å². The molecule has 5 nitrogen and oxygen atoms in total. The third-order valence-corrected chi connectivity index (χ3v) is 7.10. The molecule has 0 unspecified atom stereocenters. The lowest BCUT2D eigenvalue weighted by Gasteiger charge is -2.28. The summed E-state index contributed by atoms with van der Waals surface area (Å²) in [5, 5.41) is 4.25. The van der Waals surface area contributed by atoms with Crippen molar-refractivity contribution in [1.82, 2.24) is 14.9 Å². The molecule has 178 valence electrons. The molecule has 35 heavy (non-hydrogen) atoms. The minimum atomic E-state index is -0.0580. The molecule has 1 aliphatic rings. The van der Waals surface area contributed by atoms with E-state index in [1.807, 2.05) is 61.7 Å². The predicted octanol–water partition coefficient (Wildman–Crippen LogP) is 6.80. The Morgan fingerprint density at radius 2 is 1.71 bits per heavy atom. The summed E-state index contributed by atoms with van der Waals surface area (Å²) in [7, 11) is 0. The van der Waals surface area contributed by atoms with Crippen LogP contribution < -0.4 is 15.0 Å². The van der Waals surface area contributed by atoms with Gasteiger partial charge in [0.1, 0.15) is 11.5 Å². The second-order valence-corrected chi connectivity index (χ2v) is 9.32. The Bertz CT molecular complexity index is 1350. The number of hydrogen-bond donors (Lipinski definition) is 1. The third-order valence-electron chi connectivity index (χ3n) is 6.78. The van der Waals surface area contributed by atoms with E-state index in [4.69, 9.17) is 17.0 Å². The molecule has 1 aliphatic heterocycles. The van der Waals surface area contributed by atoms with Crippen LogP contribution in [0.2, 0.25) is 0 Å². The van der Waals surface area contributed by atoms with Gasteiger partial charge in [-0.3, -0.25) is 4.98 Å². The maximum absolute atomic E-state index is 6.13. The van der Waals surface area contributed by atoms with Crippen molar-refractivity contribution in [2.45, 2.75) is 46.3 Å². The zero-order valence-corrected chi connectivity index (χ0v) is 21.3. The van der Waals surface area contributed by atoms with Crippen LogP contribution in [0.3, 0.4) is 0 Å². The van der Waals surface area contributed by atoms with Crippen LogP contribution in [-0.4, -0.2) is 14.7 Å². The van der Waals surface area contributed by atoms with Gasteiger partial charge < -0.3 is 19.5 Å². The highest BCUT2D eigenvalue weighted by Gasteiger charge is 2.42. The van der Waals surface area contributed by atoms with Gasteiger partial charge in [0.15, 0.2) is 5.11 Å². The van der Waals surface area contributed by atoms with E-state index < -0.39 is 0 Å². The molecular formula is C29H30N4OS. The van der Waals surface area contributed by atoms with Crippen LogP contribution in [0.4, 0.5) is 5.69 Å². The maximum atomic E-state index is 6.13. The largest absolute Gasteiger partial charge is 0.457 e. The van der Waals surface area contributed by atoms with E-state index in [1.54, 1.807) is 0 Å². The molecule has 2 atom stereocenters. The predicted molar refractivity (Wildman–Crippen MR) is 145 cm³/mol. The number of rotatable bonds is 6. The molecular weight excluding hydrogens is 452 g/mol. The summed E-state index contributed by atoms with van der Waals surface area (Å²) in [6.07, 6.45) is 1.84. The molecule has 5 rings (SSSR count). The number of nitrogens with one attached hydrogen (secondary N) is 1. The van der Waals surface area contributed by atoms with E-state index in [9.17, 15) is 0 Å². The summed E-state index contributed by atoms with van der Waals surface area (Å²) in [6.45, 7) is 9.52. The van der Waals surface area contributed by atoms with Crippen molar-refractivity contribution in [3.8, 4) is 11.5 Å². The molecule has 0 radical (unpaired) electrons. The molecule has 0 saturated carbocycles. The molecule has 0 spiro atoms. The standard InChI is InChI=1S/C29H30N4OS/c1-5-32-20(3)18-24(21(32)4)28-27(25-11-8-9-17-30-25)31-29(35)33(28)22-13-15-23(16-14-22)34-26-12-7-6-10-19(26)2/h6-18,27-28H,5H2,1-4H3,(H,31,35)/t27-,28+/m0/s1. The van der Waals surface area contributed by atoms with Gasteiger partial charge in [0.25, 0.3) is 0 Å². The number of thiocarbonyl (C=S) groups is 1. The quantitative estimate of drug-likeness (QED) is 0.306. The molecule has 1 saturated heterocycles. The van der Waals surface area contributed by atoms with Crippen molar-refractivity contribution < 1.29 is 4.74 Å². The van der Waals surface area contributed by atoms with Gasteiger partial charge in [-0.1, -0.05) is 24.3 Å². The van der Waals surface area contributed by atoms with Crippen LogP contribution in [0, 0.1) is 20.8 Å². The van der Waals surface area contributed by atoms with Crippen molar-refractivity contribution in [3.63, 3.8) is 0 Å². The van der Waals surface area contributed by atoms with Gasteiger partial charge in [0.05, 0.1) is 17.8 Å². The Balaban J connectivity index is 1.53. The number of hydrogen-bond acceptors (Lipinski definition) is 3. The fraction of sp³-hybridized carbons (Fsp3) is 0.241. The number of anilines is 1. The Kier molecular flexibility index (Phi) is 6.31. The Hall–Kier alpha value is -3.64. The summed E-state index contributed by atoms with van der Waals surface area (Å²) in [6, 6.07) is 24.4. The van der Waals surface area contributed by atoms with Gasteiger partial charge in [-0.15, -0.1) is 0 Å². The summed E-state index contributed by atoms with van der Waals surface area (Å²) in [5.41, 5.74) is 6.86. The molecule has 1 fully saturated rings. The van der Waals surface area contributed by atoms with Crippen LogP contribution in [0.5, 0.6) is 11.5 Å². The molecule has 0 bridgehead atoms. The van der Waals surface area contributed by atoms with E-state index >= 15 is 0 Å². The number of nitrogens with zero attached hydrogens (tertiary/aromatic N) is 3. The van der Waals surface area contributed by atoms with Crippen LogP contribution in [0.15, 0.2) is 79.0 Å². The highest BCUT2D eigenvalue weighted by atomic mass is 32.1. The van der Waals surface area contributed by atoms with Crippen LogP contribution in [-0.2, 0) is 6.54 Å². The first-order valence-electron chi connectivity index (χ1n) is 12.0. The van der Waals surface area contributed by atoms with E-state index in [1.165, 1.54) is 17.0 Å². The van der Waals surface area contributed by atoms with Crippen LogP contribution >= 0.6 is 12.2 Å². The fourth-order valence-electron chi connectivity index (χ4n) is 5.04. The first-order chi connectivity index (χ1) is 17.0. The molecule has 2 aromatic heterocycles. The van der Waals surface area contributed by atoms with Gasteiger partial charge in [0.2, 0.25) is 0 Å². The highest BCUT2D eigenvalue weighted by molar-refractivity contribution is 7.80. The maximum Gasteiger partial charge on any atom is 0.174 e. The lowest BCUT2D eigenvalue weighted by molar-refractivity contribution is 0.479. The van der Waals surface area contributed by atoms with Gasteiger partial charge in [-0.25, -0.2) is 0 Å². The second kappa shape index (κ2) is 9.55. The van der Waals surface area contributed by atoms with E-state index in [0.29, 0.717) is 5.11 Å². The normalized spacial score (nSPS) is 17.5. The lowest BCUT2D eigenvalue weighted by atomic mass is 9.96. The van der Waals surface area contributed by atoms with Crippen molar-refractivity contribution in [1.29, 1.82) is 0 Å². The van der Waals surface area contributed by atoms with Crippen molar-refractivity contribution >= 4 is 23.0 Å². The van der Waals surface area contributed by atoms with E-state index in [2.05, 4.69) is 64.8 Å². The molecule has 0 amide bonds. The number of ether oxygens (including phenoxy) is 1. The summed E-state index contributed by atoms with van der Waals surface area (Å²) >= 11 is 5.89. The number of para-hydroxylation sites is 1. The fourth-order valence-corrected chi connectivity index (χ4v) is 5.38. The Labute approximate surface area is 212 Å². The summed E-state index contributed by atoms with van der Waals surface area (Å²) in [4.78, 5) is 6.89. The van der Waals surface area contributed by atoms with Gasteiger partial charge in [-0.2, -0.15) is 0 Å². The SMILES string of the molecule is CCn1c(C)cc([C@@H]2[C@H](c3ccccn3)NC(=S)N2c2ccc(Oc3ccccc3C)cc2)c1C. The van der Waals surface area contributed by atoms with E-state index in [0.717, 1.165) is 35.0 Å². The molecule has 2 aromatic carbocycles. The molecule has 4 aromatic rings. The number of aryl methyl sites for hydroxylation is 2. The minimum absolute atomic E-state index is 0.0213. The van der Waals surface area contributed by atoms with Gasteiger partial charge >= 0.3 is 0 Å². The Morgan fingerprint density at radius 3 is 2.37 bits per heavy atom. The smallest absolute Gasteiger partial charge is 0.174 e. The van der Waals surface area contributed by atoms with Crippen molar-refractivity contribution in [3.05, 3.63) is 107 Å². The topological polar surface area (TPSA) is 42.3 Å². The second-order valence-electron chi connectivity index (χ2n) is 8.93. The summed E-state index contributed by atoms with van der Waals surface area (Å²) < 4.78 is 8.48. The number of aromatic nitrogens is 2. The third kappa shape index (κ3) is 4.30. The first kappa shape index (κ1) is 23.1. The molecule has 1 N–H and O–H groups in total. The zero-order chi connectivity index (χ0) is 24.5. The zero-order valence-electron chi connectivity index (χ0n) is 20.5. The van der Waals surface area contributed by atoms with Crippen molar-refractivity contribution in [2.24, 2.45) is 0 Å². The monoisotopic (exact) mass is 482 g/mol. The van der Waals surface area contributed by atoms with Gasteiger partial charge in [-0.05, 0) is 99.6 Å². The summed E-state index contributed by atoms with van der Waals surface area (Å²) in [5.74, 6) is 1.65. The first-order valence-corrected chi connectivity index (χ1v) is 12.4. The molecule has 3 heterocycles.